The number of aromatic nitrogens is 4. The number of nitrogens with zero attached hydrogens (tertiary/aromatic N) is 5. The van der Waals surface area contributed by atoms with E-state index in [0.29, 0.717) is 36.5 Å². The molecule has 2 aromatic heterocycles. The summed E-state index contributed by atoms with van der Waals surface area (Å²) in [6.07, 6.45) is 0.607. The summed E-state index contributed by atoms with van der Waals surface area (Å²) in [5, 5.41) is 4.03. The predicted octanol–water partition coefficient (Wildman–Crippen LogP) is 3.08. The highest BCUT2D eigenvalue weighted by Crippen LogP contribution is 2.39. The third kappa shape index (κ3) is 3.56. The molecule has 0 bridgehead atoms. The smallest absolute Gasteiger partial charge is 0.339 e. The Balaban J connectivity index is 1.44. The van der Waals surface area contributed by atoms with Gasteiger partial charge in [0.25, 0.3) is 0 Å². The number of hydrogen-bond donors (Lipinski definition) is 0. The van der Waals surface area contributed by atoms with Gasteiger partial charge in [0.15, 0.2) is 11.5 Å². The van der Waals surface area contributed by atoms with Crippen molar-refractivity contribution < 1.29 is 17.7 Å². The molecule has 25 heavy (non-hydrogen) atoms. The predicted molar refractivity (Wildman–Crippen MR) is 81.7 cm³/mol. The first-order valence-electron chi connectivity index (χ1n) is 8.55. The Bertz CT molecular complexity index is 749. The monoisotopic (exact) mass is 355 g/mol. The number of imidazole rings is 1. The molecule has 2 aromatic rings. The lowest BCUT2D eigenvalue weighted by Crippen LogP contribution is -2.35. The lowest BCUT2D eigenvalue weighted by Gasteiger charge is -2.31. The van der Waals surface area contributed by atoms with Gasteiger partial charge in [0.1, 0.15) is 5.82 Å². The van der Waals surface area contributed by atoms with Crippen LogP contribution >= 0.6 is 0 Å². The summed E-state index contributed by atoms with van der Waals surface area (Å²) in [6, 6.07) is 0. The van der Waals surface area contributed by atoms with Crippen LogP contribution in [-0.2, 0) is 19.8 Å². The number of piperidine rings is 1. The standard InChI is InChI=1S/C16H20F3N5O/c1-23-8-12(16(17,18)19)20-14(23)11-3-2-6-24(7-11)9-13-21-15(25-22-13)10-4-5-10/h8,10-11H,2-7,9H2,1H3/t11-/m1/s1. The zero-order valence-corrected chi connectivity index (χ0v) is 14.0. The molecule has 3 heterocycles. The summed E-state index contributed by atoms with van der Waals surface area (Å²) >= 11 is 0. The molecule has 6 nitrogen and oxygen atoms in total. The average molecular weight is 355 g/mol. The highest BCUT2D eigenvalue weighted by Gasteiger charge is 2.36. The summed E-state index contributed by atoms with van der Waals surface area (Å²) in [4.78, 5) is 10.4. The quantitative estimate of drug-likeness (QED) is 0.844. The molecule has 136 valence electrons. The van der Waals surface area contributed by atoms with Crippen LogP contribution in [0, 0.1) is 0 Å². The number of halogens is 3. The normalized spacial score (nSPS) is 22.5. The second-order valence-corrected chi connectivity index (χ2v) is 6.99. The maximum absolute atomic E-state index is 12.9. The van der Waals surface area contributed by atoms with Crippen LogP contribution in [0.15, 0.2) is 10.7 Å². The lowest BCUT2D eigenvalue weighted by molar-refractivity contribution is -0.141. The molecule has 0 radical (unpaired) electrons. The van der Waals surface area contributed by atoms with Crippen molar-refractivity contribution in [2.75, 3.05) is 13.1 Å². The van der Waals surface area contributed by atoms with Crippen molar-refractivity contribution in [3.8, 4) is 0 Å². The van der Waals surface area contributed by atoms with E-state index in [1.54, 1.807) is 7.05 Å². The van der Waals surface area contributed by atoms with Gasteiger partial charge in [-0.05, 0) is 32.2 Å². The molecule has 0 unspecified atom stereocenters. The molecule has 0 N–H and O–H groups in total. The van der Waals surface area contributed by atoms with E-state index in [9.17, 15) is 13.2 Å². The minimum atomic E-state index is -4.41. The summed E-state index contributed by atoms with van der Waals surface area (Å²) in [7, 11) is 1.62. The summed E-state index contributed by atoms with van der Waals surface area (Å²) in [6.45, 7) is 2.08. The molecule has 1 aliphatic heterocycles. The number of likely N-dealkylation sites (tertiary alicyclic amines) is 1. The van der Waals surface area contributed by atoms with Crippen LogP contribution in [0.4, 0.5) is 13.2 Å². The molecule has 1 atom stereocenters. The molecule has 0 spiro atoms. The largest absolute Gasteiger partial charge is 0.434 e. The van der Waals surface area contributed by atoms with E-state index in [0.717, 1.165) is 38.4 Å². The van der Waals surface area contributed by atoms with E-state index in [1.807, 2.05) is 0 Å². The van der Waals surface area contributed by atoms with Crippen LogP contribution in [0.2, 0.25) is 0 Å². The van der Waals surface area contributed by atoms with Gasteiger partial charge in [-0.15, -0.1) is 0 Å². The Labute approximate surface area is 143 Å². The molecule has 1 aliphatic carbocycles. The summed E-state index contributed by atoms with van der Waals surface area (Å²) in [5.74, 6) is 2.25. The topological polar surface area (TPSA) is 60.0 Å². The van der Waals surface area contributed by atoms with Crippen molar-refractivity contribution in [2.24, 2.45) is 7.05 Å². The Kier molecular flexibility index (Phi) is 4.05. The van der Waals surface area contributed by atoms with Gasteiger partial charge in [-0.3, -0.25) is 4.90 Å². The minimum absolute atomic E-state index is 0.0235. The third-order valence-corrected chi connectivity index (χ3v) is 4.85. The van der Waals surface area contributed by atoms with E-state index in [2.05, 4.69) is 20.0 Å². The Morgan fingerprint density at radius 2 is 2.00 bits per heavy atom. The van der Waals surface area contributed by atoms with Gasteiger partial charge in [0.2, 0.25) is 5.89 Å². The van der Waals surface area contributed by atoms with Gasteiger partial charge < -0.3 is 9.09 Å². The van der Waals surface area contributed by atoms with E-state index in [-0.39, 0.29) is 5.92 Å². The zero-order chi connectivity index (χ0) is 17.6. The SMILES string of the molecule is Cn1cc(C(F)(F)F)nc1[C@@H]1CCCN(Cc2noc(C3CC3)n2)C1. The van der Waals surface area contributed by atoms with Crippen molar-refractivity contribution >= 4 is 0 Å². The van der Waals surface area contributed by atoms with Gasteiger partial charge in [0, 0.05) is 31.6 Å². The molecular formula is C16H20F3N5O. The van der Waals surface area contributed by atoms with Crippen LogP contribution in [0.3, 0.4) is 0 Å². The third-order valence-electron chi connectivity index (χ3n) is 4.85. The van der Waals surface area contributed by atoms with E-state index in [4.69, 9.17) is 4.52 Å². The maximum atomic E-state index is 12.9. The van der Waals surface area contributed by atoms with Crippen molar-refractivity contribution in [3.05, 3.63) is 29.4 Å². The Morgan fingerprint density at radius 3 is 2.68 bits per heavy atom. The first kappa shape index (κ1) is 16.6. The van der Waals surface area contributed by atoms with Gasteiger partial charge in [0.05, 0.1) is 6.54 Å². The molecule has 1 saturated heterocycles. The molecule has 2 aliphatic rings. The fraction of sp³-hybridized carbons (Fsp3) is 0.688. The number of aryl methyl sites for hydroxylation is 1. The van der Waals surface area contributed by atoms with Crippen molar-refractivity contribution in [1.82, 2.24) is 24.6 Å². The average Bonchev–Trinajstić information content (AvgIpc) is 3.17. The van der Waals surface area contributed by atoms with Crippen LogP contribution in [-0.4, -0.2) is 37.7 Å². The maximum Gasteiger partial charge on any atom is 0.434 e. The molecule has 9 heteroatoms. The molecule has 0 amide bonds. The van der Waals surface area contributed by atoms with Crippen LogP contribution in [0.5, 0.6) is 0 Å². The fourth-order valence-corrected chi connectivity index (χ4v) is 3.43. The van der Waals surface area contributed by atoms with E-state index < -0.39 is 11.9 Å². The second kappa shape index (κ2) is 6.12. The zero-order valence-electron chi connectivity index (χ0n) is 14.0. The number of rotatable bonds is 4. The number of alkyl halides is 3. The highest BCUT2D eigenvalue weighted by atomic mass is 19.4. The number of hydrogen-bond acceptors (Lipinski definition) is 5. The van der Waals surface area contributed by atoms with Crippen molar-refractivity contribution in [1.29, 1.82) is 0 Å². The first-order valence-corrected chi connectivity index (χ1v) is 8.55. The van der Waals surface area contributed by atoms with Crippen molar-refractivity contribution in [3.63, 3.8) is 0 Å². The second-order valence-electron chi connectivity index (χ2n) is 6.99. The van der Waals surface area contributed by atoms with Crippen LogP contribution in [0.1, 0.15) is 60.8 Å². The molecular weight excluding hydrogens is 335 g/mol. The first-order chi connectivity index (χ1) is 11.9. The Morgan fingerprint density at radius 1 is 1.20 bits per heavy atom. The fourth-order valence-electron chi connectivity index (χ4n) is 3.43. The van der Waals surface area contributed by atoms with Gasteiger partial charge in [-0.1, -0.05) is 5.16 Å². The highest BCUT2D eigenvalue weighted by molar-refractivity contribution is 5.12. The summed E-state index contributed by atoms with van der Waals surface area (Å²) in [5.41, 5.74) is -0.825. The Hall–Kier alpha value is -1.90. The molecule has 0 aromatic carbocycles. The molecule has 1 saturated carbocycles. The minimum Gasteiger partial charge on any atom is -0.339 e. The van der Waals surface area contributed by atoms with Gasteiger partial charge in [-0.2, -0.15) is 18.2 Å². The van der Waals surface area contributed by atoms with Crippen LogP contribution < -0.4 is 0 Å². The summed E-state index contributed by atoms with van der Waals surface area (Å²) < 4.78 is 45.4. The lowest BCUT2D eigenvalue weighted by atomic mass is 9.97. The van der Waals surface area contributed by atoms with Crippen molar-refractivity contribution in [2.45, 2.75) is 50.2 Å². The van der Waals surface area contributed by atoms with E-state index in [1.165, 1.54) is 4.57 Å². The molecule has 4 rings (SSSR count). The molecule has 2 fully saturated rings. The van der Waals surface area contributed by atoms with Gasteiger partial charge >= 0.3 is 6.18 Å². The van der Waals surface area contributed by atoms with Crippen LogP contribution in [0.25, 0.3) is 0 Å². The van der Waals surface area contributed by atoms with Gasteiger partial charge in [-0.25, -0.2) is 4.98 Å². The van der Waals surface area contributed by atoms with E-state index >= 15 is 0 Å².